The van der Waals surface area contributed by atoms with Crippen molar-refractivity contribution in [2.75, 3.05) is 13.4 Å². The van der Waals surface area contributed by atoms with Crippen LogP contribution in [-0.2, 0) is 5.41 Å². The van der Waals surface area contributed by atoms with Crippen LogP contribution in [0.1, 0.15) is 19.4 Å². The van der Waals surface area contributed by atoms with Gasteiger partial charge in [-0.15, -0.1) is 0 Å². The molecule has 0 bridgehead atoms. The molecule has 1 aromatic rings. The Hall–Kier alpha value is -1.22. The summed E-state index contributed by atoms with van der Waals surface area (Å²) >= 11 is 0. The molecular formula is C11H14O3. The van der Waals surface area contributed by atoms with Gasteiger partial charge in [0.2, 0.25) is 6.79 Å². The Kier molecular flexibility index (Phi) is 2.11. The van der Waals surface area contributed by atoms with Crippen molar-refractivity contribution in [1.82, 2.24) is 0 Å². The Morgan fingerprint density at radius 2 is 2.00 bits per heavy atom. The van der Waals surface area contributed by atoms with Gasteiger partial charge in [0.1, 0.15) is 0 Å². The van der Waals surface area contributed by atoms with Gasteiger partial charge in [-0.1, -0.05) is 19.9 Å². The van der Waals surface area contributed by atoms with Crippen molar-refractivity contribution in [3.8, 4) is 11.5 Å². The summed E-state index contributed by atoms with van der Waals surface area (Å²) in [7, 11) is 0. The number of hydrogen-bond acceptors (Lipinski definition) is 3. The van der Waals surface area contributed by atoms with Gasteiger partial charge in [-0.25, -0.2) is 0 Å². The maximum Gasteiger partial charge on any atom is 0.231 e. The van der Waals surface area contributed by atoms with Gasteiger partial charge in [-0.05, 0) is 17.7 Å². The third-order valence-corrected chi connectivity index (χ3v) is 2.55. The van der Waals surface area contributed by atoms with Crippen molar-refractivity contribution in [2.45, 2.75) is 19.3 Å². The zero-order chi connectivity index (χ0) is 10.2. The van der Waals surface area contributed by atoms with Gasteiger partial charge >= 0.3 is 0 Å². The Balaban J connectivity index is 2.38. The van der Waals surface area contributed by atoms with E-state index in [-0.39, 0.29) is 12.0 Å². The largest absolute Gasteiger partial charge is 0.454 e. The first-order chi connectivity index (χ1) is 6.63. The molecule has 0 fully saturated rings. The molecule has 1 aliphatic heterocycles. The average Bonchev–Trinajstić information content (AvgIpc) is 2.64. The highest BCUT2D eigenvalue weighted by molar-refractivity contribution is 5.46. The molecule has 3 nitrogen and oxygen atoms in total. The lowest BCUT2D eigenvalue weighted by molar-refractivity contribution is 0.173. The molecule has 0 aromatic heterocycles. The first-order valence-corrected chi connectivity index (χ1v) is 4.64. The standard InChI is InChI=1S/C11H14O3/c1-11(2,6-12)8-3-4-9-10(5-8)14-7-13-9/h3-5,12H,6-7H2,1-2H3. The second kappa shape index (κ2) is 3.17. The fourth-order valence-corrected chi connectivity index (χ4v) is 1.41. The molecule has 1 aliphatic rings. The van der Waals surface area contributed by atoms with E-state index in [2.05, 4.69) is 0 Å². The zero-order valence-corrected chi connectivity index (χ0v) is 8.41. The highest BCUT2D eigenvalue weighted by Crippen LogP contribution is 2.36. The first kappa shape index (κ1) is 9.34. The Labute approximate surface area is 83.3 Å². The number of rotatable bonds is 2. The summed E-state index contributed by atoms with van der Waals surface area (Å²) < 4.78 is 10.5. The van der Waals surface area contributed by atoms with Crippen LogP contribution in [0.4, 0.5) is 0 Å². The molecule has 1 heterocycles. The number of benzene rings is 1. The van der Waals surface area contributed by atoms with E-state index < -0.39 is 0 Å². The minimum Gasteiger partial charge on any atom is -0.454 e. The summed E-state index contributed by atoms with van der Waals surface area (Å²) in [5.41, 5.74) is 0.824. The highest BCUT2D eigenvalue weighted by Gasteiger charge is 2.22. The van der Waals surface area contributed by atoms with E-state index >= 15 is 0 Å². The number of ether oxygens (including phenoxy) is 2. The highest BCUT2D eigenvalue weighted by atomic mass is 16.7. The number of aliphatic hydroxyl groups is 1. The number of hydrogen-bond donors (Lipinski definition) is 1. The molecule has 0 saturated heterocycles. The zero-order valence-electron chi connectivity index (χ0n) is 8.41. The lowest BCUT2D eigenvalue weighted by Gasteiger charge is -2.22. The van der Waals surface area contributed by atoms with Gasteiger partial charge < -0.3 is 14.6 Å². The lowest BCUT2D eigenvalue weighted by atomic mass is 9.85. The van der Waals surface area contributed by atoms with Crippen molar-refractivity contribution in [1.29, 1.82) is 0 Å². The van der Waals surface area contributed by atoms with Gasteiger partial charge in [0.25, 0.3) is 0 Å². The van der Waals surface area contributed by atoms with Crippen LogP contribution >= 0.6 is 0 Å². The summed E-state index contributed by atoms with van der Waals surface area (Å²) in [6, 6.07) is 5.78. The van der Waals surface area contributed by atoms with E-state index in [1.807, 2.05) is 32.0 Å². The molecule has 1 aromatic carbocycles. The third-order valence-electron chi connectivity index (χ3n) is 2.55. The maximum atomic E-state index is 9.22. The van der Waals surface area contributed by atoms with Crippen molar-refractivity contribution < 1.29 is 14.6 Å². The lowest BCUT2D eigenvalue weighted by Crippen LogP contribution is -2.21. The molecule has 0 radical (unpaired) electrons. The quantitative estimate of drug-likeness (QED) is 0.778. The first-order valence-electron chi connectivity index (χ1n) is 4.64. The molecule has 0 unspecified atom stereocenters. The predicted molar refractivity (Wildman–Crippen MR) is 52.7 cm³/mol. The van der Waals surface area contributed by atoms with Crippen LogP contribution in [0.2, 0.25) is 0 Å². The molecule has 0 spiro atoms. The molecule has 0 aliphatic carbocycles. The van der Waals surface area contributed by atoms with E-state index in [4.69, 9.17) is 9.47 Å². The van der Waals surface area contributed by atoms with Gasteiger partial charge in [0.05, 0.1) is 6.61 Å². The van der Waals surface area contributed by atoms with Crippen LogP contribution in [0.15, 0.2) is 18.2 Å². The molecule has 14 heavy (non-hydrogen) atoms. The number of fused-ring (bicyclic) bond motifs is 1. The molecule has 3 heteroatoms. The summed E-state index contributed by atoms with van der Waals surface area (Å²) in [6.07, 6.45) is 0. The Morgan fingerprint density at radius 3 is 2.71 bits per heavy atom. The normalized spacial score (nSPS) is 14.5. The van der Waals surface area contributed by atoms with Crippen molar-refractivity contribution in [2.24, 2.45) is 0 Å². The summed E-state index contributed by atoms with van der Waals surface area (Å²) in [6.45, 7) is 4.39. The van der Waals surface area contributed by atoms with Gasteiger partial charge in [-0.3, -0.25) is 0 Å². The molecular weight excluding hydrogens is 180 g/mol. The minimum atomic E-state index is -0.235. The Bertz CT molecular complexity index is 344. The number of aliphatic hydroxyl groups excluding tert-OH is 1. The molecule has 1 N–H and O–H groups in total. The van der Waals surface area contributed by atoms with Gasteiger partial charge in [0.15, 0.2) is 11.5 Å². The van der Waals surface area contributed by atoms with Crippen LogP contribution in [0.25, 0.3) is 0 Å². The second-order valence-electron chi connectivity index (χ2n) is 4.11. The monoisotopic (exact) mass is 194 g/mol. The van der Waals surface area contributed by atoms with E-state index in [0.29, 0.717) is 6.79 Å². The Morgan fingerprint density at radius 1 is 1.29 bits per heavy atom. The van der Waals surface area contributed by atoms with E-state index in [9.17, 15) is 5.11 Å². The SMILES string of the molecule is CC(C)(CO)c1ccc2c(c1)OCO2. The van der Waals surface area contributed by atoms with Crippen molar-refractivity contribution in [3.63, 3.8) is 0 Å². The third kappa shape index (κ3) is 1.44. The van der Waals surface area contributed by atoms with Crippen LogP contribution in [0, 0.1) is 0 Å². The summed E-state index contributed by atoms with van der Waals surface area (Å²) in [5.74, 6) is 1.55. The van der Waals surface area contributed by atoms with Gasteiger partial charge in [-0.2, -0.15) is 0 Å². The topological polar surface area (TPSA) is 38.7 Å². The molecule has 0 saturated carbocycles. The van der Waals surface area contributed by atoms with Crippen LogP contribution in [-0.4, -0.2) is 18.5 Å². The van der Waals surface area contributed by atoms with Crippen LogP contribution in [0.5, 0.6) is 11.5 Å². The average molecular weight is 194 g/mol. The van der Waals surface area contributed by atoms with E-state index in [0.717, 1.165) is 17.1 Å². The summed E-state index contributed by atoms with van der Waals surface area (Å²) in [4.78, 5) is 0. The van der Waals surface area contributed by atoms with Gasteiger partial charge in [0, 0.05) is 5.41 Å². The summed E-state index contributed by atoms with van der Waals surface area (Å²) in [5, 5.41) is 9.22. The van der Waals surface area contributed by atoms with Crippen LogP contribution in [0.3, 0.4) is 0 Å². The molecule has 76 valence electrons. The predicted octanol–water partition coefficient (Wildman–Crippen LogP) is 1.69. The molecule has 0 amide bonds. The smallest absolute Gasteiger partial charge is 0.231 e. The van der Waals surface area contributed by atoms with Crippen molar-refractivity contribution in [3.05, 3.63) is 23.8 Å². The van der Waals surface area contributed by atoms with E-state index in [1.54, 1.807) is 0 Å². The maximum absolute atomic E-state index is 9.22. The second-order valence-corrected chi connectivity index (χ2v) is 4.11. The van der Waals surface area contributed by atoms with Crippen LogP contribution < -0.4 is 9.47 Å². The minimum absolute atomic E-state index is 0.118. The van der Waals surface area contributed by atoms with Crippen molar-refractivity contribution >= 4 is 0 Å². The fraction of sp³-hybridized carbons (Fsp3) is 0.455. The molecule has 2 rings (SSSR count). The fourth-order valence-electron chi connectivity index (χ4n) is 1.41. The molecule has 0 atom stereocenters. The van der Waals surface area contributed by atoms with E-state index in [1.165, 1.54) is 0 Å².